The molecule has 0 unspecified atom stereocenters. The van der Waals surface area contributed by atoms with E-state index < -0.39 is 0 Å². The smallest absolute Gasteiger partial charge is 0.293 e. The minimum atomic E-state index is -0.0560. The van der Waals surface area contributed by atoms with Gasteiger partial charge < -0.3 is 19.0 Å². The largest absolute Gasteiger partial charge is 0.492 e. The Morgan fingerprint density at radius 2 is 2.05 bits per heavy atom. The van der Waals surface area contributed by atoms with Crippen LogP contribution in [0.4, 0.5) is 0 Å². The van der Waals surface area contributed by atoms with E-state index >= 15 is 0 Å². The van der Waals surface area contributed by atoms with Crippen LogP contribution in [-0.2, 0) is 0 Å². The Bertz CT molecular complexity index is 731. The van der Waals surface area contributed by atoms with Crippen LogP contribution in [0.3, 0.4) is 0 Å². The molecule has 116 valence electrons. The number of fused-ring (bicyclic) bond motifs is 1. The van der Waals surface area contributed by atoms with Crippen molar-refractivity contribution in [3.8, 4) is 5.75 Å². The Hall–Kier alpha value is -2.01. The molecule has 1 spiro atoms. The molecular formula is C17H20N2O3. The number of methoxy groups -OCH3 is 1. The van der Waals surface area contributed by atoms with Crippen LogP contribution in [0.15, 0.2) is 28.7 Å². The zero-order chi connectivity index (χ0) is 15.3. The van der Waals surface area contributed by atoms with E-state index in [0.717, 1.165) is 38.0 Å². The standard InChI is InChI=1S/C17H20N2O3/c1-18-9-17(10-18)7-8-19(11-17)16(20)15-14(21-2)12-5-3-4-6-13(12)22-15/h3-6H,7-11H2,1-2H3. The lowest BCUT2D eigenvalue weighted by Gasteiger charge is -2.46. The number of carbonyl (C=O) groups excluding carboxylic acids is 1. The van der Waals surface area contributed by atoms with Crippen molar-refractivity contribution >= 4 is 16.9 Å². The minimum Gasteiger partial charge on any atom is -0.492 e. The third-order valence-corrected chi connectivity index (χ3v) is 4.88. The van der Waals surface area contributed by atoms with Gasteiger partial charge in [-0.3, -0.25) is 4.79 Å². The van der Waals surface area contributed by atoms with Crippen molar-refractivity contribution in [2.75, 3.05) is 40.3 Å². The maximum absolute atomic E-state index is 12.8. The molecule has 22 heavy (non-hydrogen) atoms. The number of furan rings is 1. The van der Waals surface area contributed by atoms with Gasteiger partial charge in [0.15, 0.2) is 5.75 Å². The fraction of sp³-hybridized carbons (Fsp3) is 0.471. The van der Waals surface area contributed by atoms with Crippen molar-refractivity contribution in [2.45, 2.75) is 6.42 Å². The first kappa shape index (κ1) is 13.6. The van der Waals surface area contributed by atoms with Gasteiger partial charge in [-0.25, -0.2) is 0 Å². The fourth-order valence-corrected chi connectivity index (χ4v) is 3.97. The van der Waals surface area contributed by atoms with Gasteiger partial charge in [0.2, 0.25) is 5.76 Å². The van der Waals surface area contributed by atoms with Crippen LogP contribution in [-0.4, -0.2) is 56.0 Å². The van der Waals surface area contributed by atoms with E-state index in [0.29, 0.717) is 22.5 Å². The Morgan fingerprint density at radius 1 is 1.27 bits per heavy atom. The van der Waals surface area contributed by atoms with E-state index in [1.54, 1.807) is 7.11 Å². The number of likely N-dealkylation sites (tertiary alicyclic amines) is 2. The van der Waals surface area contributed by atoms with E-state index in [-0.39, 0.29) is 5.91 Å². The third-order valence-electron chi connectivity index (χ3n) is 4.88. The molecule has 0 atom stereocenters. The molecule has 5 nitrogen and oxygen atoms in total. The second kappa shape index (κ2) is 4.74. The van der Waals surface area contributed by atoms with Crippen LogP contribution in [0, 0.1) is 5.41 Å². The van der Waals surface area contributed by atoms with Crippen molar-refractivity contribution in [3.05, 3.63) is 30.0 Å². The van der Waals surface area contributed by atoms with Crippen LogP contribution in [0.25, 0.3) is 11.0 Å². The molecule has 0 saturated carbocycles. The van der Waals surface area contributed by atoms with E-state index in [2.05, 4.69) is 11.9 Å². The molecule has 2 fully saturated rings. The van der Waals surface area contributed by atoms with Crippen LogP contribution < -0.4 is 4.74 Å². The zero-order valence-corrected chi connectivity index (χ0v) is 13.0. The summed E-state index contributed by atoms with van der Waals surface area (Å²) in [6.45, 7) is 3.77. The SMILES string of the molecule is COc1c(C(=O)N2CCC3(CN(C)C3)C2)oc2ccccc12. The van der Waals surface area contributed by atoms with Gasteiger partial charge in [-0.05, 0) is 25.6 Å². The number of para-hydroxylation sites is 1. The molecule has 0 aliphatic carbocycles. The van der Waals surface area contributed by atoms with Crippen molar-refractivity contribution in [3.63, 3.8) is 0 Å². The summed E-state index contributed by atoms with van der Waals surface area (Å²) < 4.78 is 11.2. The molecule has 1 aromatic heterocycles. The van der Waals surface area contributed by atoms with Crippen LogP contribution in [0.1, 0.15) is 17.0 Å². The lowest BCUT2D eigenvalue weighted by Crippen LogP contribution is -2.55. The van der Waals surface area contributed by atoms with Gasteiger partial charge in [0, 0.05) is 31.6 Å². The second-order valence-corrected chi connectivity index (χ2v) is 6.61. The topological polar surface area (TPSA) is 45.9 Å². The molecule has 4 rings (SSSR count). The van der Waals surface area contributed by atoms with E-state index in [4.69, 9.17) is 9.15 Å². The average molecular weight is 300 g/mol. The van der Waals surface area contributed by atoms with Crippen molar-refractivity contribution in [1.29, 1.82) is 0 Å². The van der Waals surface area contributed by atoms with Gasteiger partial charge >= 0.3 is 0 Å². The zero-order valence-electron chi connectivity index (χ0n) is 13.0. The first-order valence-corrected chi connectivity index (χ1v) is 7.65. The minimum absolute atomic E-state index is 0.0560. The highest BCUT2D eigenvalue weighted by molar-refractivity contribution is 6.01. The summed E-state index contributed by atoms with van der Waals surface area (Å²) in [6, 6.07) is 7.60. The highest BCUT2D eigenvalue weighted by Crippen LogP contribution is 2.40. The number of nitrogens with zero attached hydrogens (tertiary/aromatic N) is 2. The van der Waals surface area contributed by atoms with Gasteiger partial charge in [-0.2, -0.15) is 0 Å². The second-order valence-electron chi connectivity index (χ2n) is 6.61. The molecule has 2 saturated heterocycles. The molecule has 1 aromatic carbocycles. The lowest BCUT2D eigenvalue weighted by atomic mass is 9.79. The summed E-state index contributed by atoms with van der Waals surface area (Å²) >= 11 is 0. The first-order valence-electron chi connectivity index (χ1n) is 7.65. The lowest BCUT2D eigenvalue weighted by molar-refractivity contribution is 0.0288. The quantitative estimate of drug-likeness (QED) is 0.853. The van der Waals surface area contributed by atoms with Gasteiger partial charge in [0.25, 0.3) is 5.91 Å². The Kier molecular flexibility index (Phi) is 2.94. The van der Waals surface area contributed by atoms with E-state index in [1.807, 2.05) is 29.2 Å². The Morgan fingerprint density at radius 3 is 2.77 bits per heavy atom. The summed E-state index contributed by atoms with van der Waals surface area (Å²) in [5.74, 6) is 0.820. The highest BCUT2D eigenvalue weighted by atomic mass is 16.5. The molecular weight excluding hydrogens is 280 g/mol. The van der Waals surface area contributed by atoms with Gasteiger partial charge in [-0.1, -0.05) is 12.1 Å². The molecule has 2 aromatic rings. The third kappa shape index (κ3) is 1.92. The van der Waals surface area contributed by atoms with Crippen LogP contribution in [0.5, 0.6) is 5.75 Å². The summed E-state index contributed by atoms with van der Waals surface area (Å²) in [6.07, 6.45) is 1.08. The van der Waals surface area contributed by atoms with Gasteiger partial charge in [0.1, 0.15) is 5.58 Å². The normalized spacial score (nSPS) is 20.5. The molecule has 3 heterocycles. The first-order chi connectivity index (χ1) is 10.6. The number of amides is 1. The number of benzene rings is 1. The molecule has 0 N–H and O–H groups in total. The number of hydrogen-bond donors (Lipinski definition) is 0. The predicted octanol–water partition coefficient (Wildman–Crippen LogP) is 2.22. The Balaban J connectivity index is 1.63. The van der Waals surface area contributed by atoms with E-state index in [1.165, 1.54) is 0 Å². The van der Waals surface area contributed by atoms with Gasteiger partial charge in [-0.15, -0.1) is 0 Å². The van der Waals surface area contributed by atoms with Crippen molar-refractivity contribution in [2.24, 2.45) is 5.41 Å². The molecule has 2 aliphatic heterocycles. The summed E-state index contributed by atoms with van der Waals surface area (Å²) in [7, 11) is 3.71. The summed E-state index contributed by atoms with van der Waals surface area (Å²) in [5.41, 5.74) is 0.990. The maximum atomic E-state index is 12.8. The van der Waals surface area contributed by atoms with Gasteiger partial charge in [0.05, 0.1) is 12.5 Å². The maximum Gasteiger partial charge on any atom is 0.293 e. The number of rotatable bonds is 2. The monoisotopic (exact) mass is 300 g/mol. The highest BCUT2D eigenvalue weighted by Gasteiger charge is 2.48. The van der Waals surface area contributed by atoms with Crippen molar-refractivity contribution in [1.82, 2.24) is 9.80 Å². The van der Waals surface area contributed by atoms with E-state index in [9.17, 15) is 4.79 Å². The number of carbonyl (C=O) groups is 1. The van der Waals surface area contributed by atoms with Crippen molar-refractivity contribution < 1.29 is 13.9 Å². The molecule has 0 radical (unpaired) electrons. The molecule has 0 bridgehead atoms. The summed E-state index contributed by atoms with van der Waals surface area (Å²) in [4.78, 5) is 17.1. The van der Waals surface area contributed by atoms with Crippen LogP contribution in [0.2, 0.25) is 0 Å². The Labute approximate surface area is 129 Å². The number of hydrogen-bond acceptors (Lipinski definition) is 4. The number of ether oxygens (including phenoxy) is 1. The fourth-order valence-electron chi connectivity index (χ4n) is 3.97. The van der Waals surface area contributed by atoms with Crippen LogP contribution >= 0.6 is 0 Å². The predicted molar refractivity (Wildman–Crippen MR) is 83.2 cm³/mol. The molecule has 2 aliphatic rings. The molecule has 1 amide bonds. The average Bonchev–Trinajstić information content (AvgIpc) is 3.07. The molecule has 5 heteroatoms. The summed E-state index contributed by atoms with van der Waals surface area (Å²) in [5, 5.41) is 0.852.